The lowest BCUT2D eigenvalue weighted by molar-refractivity contribution is -0.0239. The number of hydrogen-bond acceptors (Lipinski definition) is 4. The van der Waals surface area contributed by atoms with Crippen LogP contribution in [0.4, 0.5) is 0 Å². The van der Waals surface area contributed by atoms with Gasteiger partial charge in [-0.25, -0.2) is 4.98 Å². The van der Waals surface area contributed by atoms with Crippen LogP contribution in [0.25, 0.3) is 0 Å². The van der Waals surface area contributed by atoms with Crippen LogP contribution in [-0.2, 0) is 11.3 Å². The monoisotopic (exact) mass is 374 g/mol. The molecular formula is C22H38N4O. The minimum absolute atomic E-state index is 0.103. The maximum Gasteiger partial charge on any atom is 0.139 e. The van der Waals surface area contributed by atoms with Crippen LogP contribution in [0.2, 0.25) is 0 Å². The normalized spacial score (nSPS) is 34.0. The zero-order valence-corrected chi connectivity index (χ0v) is 17.3. The van der Waals surface area contributed by atoms with E-state index in [-0.39, 0.29) is 6.10 Å². The Bertz CT molecular complexity index is 581. The largest absolute Gasteiger partial charge is 0.369 e. The summed E-state index contributed by atoms with van der Waals surface area (Å²) < 4.78 is 8.42. The van der Waals surface area contributed by atoms with E-state index in [0.29, 0.717) is 12.1 Å². The fraction of sp³-hybridized carbons (Fsp3) is 0.864. The zero-order valence-electron chi connectivity index (χ0n) is 17.3. The van der Waals surface area contributed by atoms with Gasteiger partial charge in [-0.1, -0.05) is 19.8 Å². The van der Waals surface area contributed by atoms with Crippen molar-refractivity contribution in [3.05, 3.63) is 18.2 Å². The van der Waals surface area contributed by atoms with Gasteiger partial charge in [0.05, 0.1) is 0 Å². The Morgan fingerprint density at radius 1 is 1.15 bits per heavy atom. The summed E-state index contributed by atoms with van der Waals surface area (Å²) in [6, 6.07) is 1.87. The van der Waals surface area contributed by atoms with Crippen molar-refractivity contribution in [3.63, 3.8) is 0 Å². The molecule has 2 saturated heterocycles. The molecule has 0 radical (unpaired) electrons. The van der Waals surface area contributed by atoms with Gasteiger partial charge in [0, 0.05) is 43.7 Å². The molecule has 3 fully saturated rings. The summed E-state index contributed by atoms with van der Waals surface area (Å²) in [7, 11) is 0. The lowest BCUT2D eigenvalue weighted by atomic mass is 9.85. The molecule has 5 heteroatoms. The Balaban J connectivity index is 1.32. The molecule has 1 saturated carbocycles. The van der Waals surface area contributed by atoms with E-state index >= 15 is 0 Å². The molecule has 0 spiro atoms. The SMILES string of the molecule is CCn1ccnc1[C@H]1OCCC[C@@H]1NC1CCN([C@@H]2CCC[C@@H](C)C2)CC1. The maximum absolute atomic E-state index is 6.19. The number of rotatable bonds is 5. The summed E-state index contributed by atoms with van der Waals surface area (Å²) in [5.41, 5.74) is 0. The summed E-state index contributed by atoms with van der Waals surface area (Å²) in [6.45, 7) is 8.95. The van der Waals surface area contributed by atoms with Crippen molar-refractivity contribution in [2.45, 2.75) is 96.0 Å². The van der Waals surface area contributed by atoms with E-state index in [2.05, 4.69) is 39.8 Å². The zero-order chi connectivity index (χ0) is 18.6. The third-order valence-corrected chi connectivity index (χ3v) is 7.07. The molecule has 152 valence electrons. The van der Waals surface area contributed by atoms with Crippen molar-refractivity contribution in [2.75, 3.05) is 19.7 Å². The minimum Gasteiger partial charge on any atom is -0.369 e. The van der Waals surface area contributed by atoms with E-state index in [1.165, 1.54) is 58.0 Å². The lowest BCUT2D eigenvalue weighted by Gasteiger charge is -2.42. The topological polar surface area (TPSA) is 42.3 Å². The van der Waals surface area contributed by atoms with Crippen LogP contribution >= 0.6 is 0 Å². The fourth-order valence-corrected chi connectivity index (χ4v) is 5.52. The number of hydrogen-bond donors (Lipinski definition) is 1. The van der Waals surface area contributed by atoms with E-state index in [1.54, 1.807) is 0 Å². The second-order valence-electron chi connectivity index (χ2n) is 9.01. The van der Waals surface area contributed by atoms with E-state index in [4.69, 9.17) is 4.74 Å². The number of aromatic nitrogens is 2. The number of ether oxygens (including phenoxy) is 1. The predicted octanol–water partition coefficient (Wildman–Crippen LogP) is 3.76. The summed E-state index contributed by atoms with van der Waals surface area (Å²) in [4.78, 5) is 7.41. The summed E-state index contributed by atoms with van der Waals surface area (Å²) in [5, 5.41) is 3.97. The average Bonchev–Trinajstić information content (AvgIpc) is 3.18. The van der Waals surface area contributed by atoms with Crippen LogP contribution in [0.5, 0.6) is 0 Å². The predicted molar refractivity (Wildman–Crippen MR) is 109 cm³/mol. The smallest absolute Gasteiger partial charge is 0.139 e. The van der Waals surface area contributed by atoms with Gasteiger partial charge in [0.1, 0.15) is 11.9 Å². The Labute approximate surface area is 164 Å². The highest BCUT2D eigenvalue weighted by Crippen LogP contribution is 2.31. The highest BCUT2D eigenvalue weighted by atomic mass is 16.5. The molecule has 0 bridgehead atoms. The number of piperidine rings is 1. The van der Waals surface area contributed by atoms with Gasteiger partial charge in [-0.2, -0.15) is 0 Å². The number of likely N-dealkylation sites (tertiary alicyclic amines) is 1. The lowest BCUT2D eigenvalue weighted by Crippen LogP contribution is -2.52. The molecule has 2 aliphatic heterocycles. The quantitative estimate of drug-likeness (QED) is 0.852. The molecular weight excluding hydrogens is 336 g/mol. The van der Waals surface area contributed by atoms with Gasteiger partial charge >= 0.3 is 0 Å². The van der Waals surface area contributed by atoms with Crippen molar-refractivity contribution in [2.24, 2.45) is 5.92 Å². The van der Waals surface area contributed by atoms with Crippen molar-refractivity contribution in [1.82, 2.24) is 19.8 Å². The second-order valence-corrected chi connectivity index (χ2v) is 9.01. The first-order valence-corrected chi connectivity index (χ1v) is 11.4. The maximum atomic E-state index is 6.19. The molecule has 3 heterocycles. The van der Waals surface area contributed by atoms with Gasteiger partial charge in [-0.15, -0.1) is 0 Å². The summed E-state index contributed by atoms with van der Waals surface area (Å²) in [5.74, 6) is 2.02. The van der Waals surface area contributed by atoms with E-state index in [1.807, 2.05) is 6.20 Å². The van der Waals surface area contributed by atoms with Gasteiger partial charge in [0.15, 0.2) is 0 Å². The number of nitrogens with one attached hydrogen (secondary N) is 1. The Kier molecular flexibility index (Phi) is 6.51. The molecule has 1 N–H and O–H groups in total. The summed E-state index contributed by atoms with van der Waals surface area (Å²) >= 11 is 0. The number of nitrogens with zero attached hydrogens (tertiary/aromatic N) is 3. The molecule has 4 atom stereocenters. The molecule has 0 amide bonds. The van der Waals surface area contributed by atoms with Crippen molar-refractivity contribution in [1.29, 1.82) is 0 Å². The first-order chi connectivity index (χ1) is 13.2. The molecule has 27 heavy (non-hydrogen) atoms. The van der Waals surface area contributed by atoms with Gasteiger partial charge < -0.3 is 19.5 Å². The first kappa shape index (κ1) is 19.4. The number of imidazole rings is 1. The Morgan fingerprint density at radius 2 is 2.00 bits per heavy atom. The van der Waals surface area contributed by atoms with Crippen LogP contribution in [-0.4, -0.2) is 52.3 Å². The van der Waals surface area contributed by atoms with Crippen LogP contribution in [0.15, 0.2) is 12.4 Å². The van der Waals surface area contributed by atoms with Crippen LogP contribution in [0.3, 0.4) is 0 Å². The number of aryl methyl sites for hydroxylation is 1. The fourth-order valence-electron chi connectivity index (χ4n) is 5.52. The molecule has 1 aromatic heterocycles. The molecule has 1 aromatic rings. The first-order valence-electron chi connectivity index (χ1n) is 11.4. The van der Waals surface area contributed by atoms with Gasteiger partial charge in [0.25, 0.3) is 0 Å². The van der Waals surface area contributed by atoms with Crippen molar-refractivity contribution >= 4 is 0 Å². The molecule has 0 aromatic carbocycles. The Hall–Kier alpha value is -0.910. The van der Waals surface area contributed by atoms with Gasteiger partial charge in [-0.05, 0) is 64.5 Å². The third-order valence-electron chi connectivity index (χ3n) is 7.07. The average molecular weight is 375 g/mol. The van der Waals surface area contributed by atoms with Crippen molar-refractivity contribution in [3.8, 4) is 0 Å². The van der Waals surface area contributed by atoms with E-state index in [0.717, 1.165) is 37.4 Å². The minimum atomic E-state index is 0.103. The van der Waals surface area contributed by atoms with Crippen LogP contribution < -0.4 is 5.32 Å². The standard InChI is InChI=1S/C22H38N4O/c1-3-25-14-11-23-22(25)21-20(8-5-15-27-21)24-18-9-12-26(13-10-18)19-7-4-6-17(2)16-19/h11,14,17-21,24H,3-10,12-13,15-16H2,1-2H3/t17-,19-,20+,21+/m1/s1. The molecule has 3 aliphatic rings. The summed E-state index contributed by atoms with van der Waals surface area (Å²) in [6.07, 6.45) is 14.7. The molecule has 0 unspecified atom stereocenters. The second kappa shape index (κ2) is 9.06. The Morgan fingerprint density at radius 3 is 2.78 bits per heavy atom. The molecule has 1 aliphatic carbocycles. The highest BCUT2D eigenvalue weighted by Gasteiger charge is 2.34. The third kappa shape index (κ3) is 4.57. The van der Waals surface area contributed by atoms with Crippen LogP contribution in [0.1, 0.15) is 77.1 Å². The van der Waals surface area contributed by atoms with E-state index < -0.39 is 0 Å². The molecule has 4 rings (SSSR count). The molecule has 5 nitrogen and oxygen atoms in total. The van der Waals surface area contributed by atoms with E-state index in [9.17, 15) is 0 Å². The van der Waals surface area contributed by atoms with Crippen LogP contribution in [0, 0.1) is 5.92 Å². The van der Waals surface area contributed by atoms with Crippen molar-refractivity contribution < 1.29 is 4.74 Å². The van der Waals surface area contributed by atoms with Gasteiger partial charge in [-0.3, -0.25) is 0 Å². The highest BCUT2D eigenvalue weighted by molar-refractivity contribution is 5.03. The van der Waals surface area contributed by atoms with Gasteiger partial charge in [0.2, 0.25) is 0 Å².